The number of aromatic nitrogens is 3. The van der Waals surface area contributed by atoms with E-state index >= 15 is 0 Å². The van der Waals surface area contributed by atoms with Gasteiger partial charge in [0.15, 0.2) is 0 Å². The molecule has 0 unspecified atom stereocenters. The van der Waals surface area contributed by atoms with Crippen LogP contribution in [-0.2, 0) is 24.2 Å². The summed E-state index contributed by atoms with van der Waals surface area (Å²) in [5.74, 6) is 0.0159. The van der Waals surface area contributed by atoms with E-state index in [9.17, 15) is 9.59 Å². The predicted molar refractivity (Wildman–Crippen MR) is 103 cm³/mol. The Morgan fingerprint density at radius 3 is 2.69 bits per heavy atom. The number of carbonyl (C=O) groups is 1. The summed E-state index contributed by atoms with van der Waals surface area (Å²) < 4.78 is 1.35. The van der Waals surface area contributed by atoms with Gasteiger partial charge in [0.2, 0.25) is 10.9 Å². The van der Waals surface area contributed by atoms with Crippen molar-refractivity contribution >= 4 is 27.9 Å². The Morgan fingerprint density at radius 2 is 2.00 bits per heavy atom. The van der Waals surface area contributed by atoms with E-state index in [1.807, 2.05) is 38.1 Å². The molecule has 0 saturated carbocycles. The van der Waals surface area contributed by atoms with E-state index < -0.39 is 0 Å². The van der Waals surface area contributed by atoms with Crippen LogP contribution in [-0.4, -0.2) is 27.0 Å². The van der Waals surface area contributed by atoms with Crippen molar-refractivity contribution < 1.29 is 4.79 Å². The highest BCUT2D eigenvalue weighted by molar-refractivity contribution is 7.16. The van der Waals surface area contributed by atoms with Gasteiger partial charge in [-0.05, 0) is 31.0 Å². The fourth-order valence-electron chi connectivity index (χ4n) is 2.51. The number of aryl methyl sites for hydroxylation is 1. The lowest BCUT2D eigenvalue weighted by Crippen LogP contribution is -2.24. The highest BCUT2D eigenvalue weighted by atomic mass is 32.1. The van der Waals surface area contributed by atoms with Crippen molar-refractivity contribution in [2.45, 2.75) is 33.2 Å². The van der Waals surface area contributed by atoms with Crippen molar-refractivity contribution in [3.8, 4) is 0 Å². The molecule has 0 radical (unpaired) electrons. The van der Waals surface area contributed by atoms with Crippen molar-refractivity contribution in [3.63, 3.8) is 0 Å². The smallest absolute Gasteiger partial charge is 0.275 e. The molecule has 0 spiro atoms. The highest BCUT2D eigenvalue weighted by Gasteiger charge is 2.08. The van der Waals surface area contributed by atoms with Crippen LogP contribution in [0.25, 0.3) is 4.96 Å². The first-order valence-corrected chi connectivity index (χ1v) is 9.39. The second-order valence-electron chi connectivity index (χ2n) is 5.81. The van der Waals surface area contributed by atoms with Crippen LogP contribution in [0.2, 0.25) is 0 Å². The molecule has 0 aliphatic carbocycles. The van der Waals surface area contributed by atoms with Gasteiger partial charge in [-0.25, -0.2) is 4.98 Å². The summed E-state index contributed by atoms with van der Waals surface area (Å²) in [4.78, 5) is 28.9. The van der Waals surface area contributed by atoms with Gasteiger partial charge in [-0.2, -0.15) is 9.61 Å². The number of carbonyl (C=O) groups excluding carboxylic acids is 1. The molecule has 7 nitrogen and oxygen atoms in total. The summed E-state index contributed by atoms with van der Waals surface area (Å²) in [5.41, 5.74) is 2.37. The maximum atomic E-state index is 12.1. The minimum atomic E-state index is -0.167. The molecule has 0 fully saturated rings. The molecule has 8 heteroatoms. The van der Waals surface area contributed by atoms with E-state index in [0.717, 1.165) is 22.7 Å². The number of likely N-dealkylation sites (N-methyl/N-ethyl adjacent to an activating group) is 1. The van der Waals surface area contributed by atoms with Crippen LogP contribution in [0.3, 0.4) is 0 Å². The quantitative estimate of drug-likeness (QED) is 0.663. The summed E-state index contributed by atoms with van der Waals surface area (Å²) >= 11 is 1.43. The first-order chi connectivity index (χ1) is 12.6. The minimum Gasteiger partial charge on any atom is -0.379 e. The first kappa shape index (κ1) is 18.1. The normalized spacial score (nSPS) is 10.8. The van der Waals surface area contributed by atoms with Gasteiger partial charge in [0.1, 0.15) is 5.01 Å². The average Bonchev–Trinajstić information content (AvgIpc) is 3.05. The second-order valence-corrected chi connectivity index (χ2v) is 6.85. The zero-order valence-corrected chi connectivity index (χ0v) is 15.6. The molecular weight excluding hydrogens is 350 g/mol. The molecule has 26 heavy (non-hydrogen) atoms. The van der Waals surface area contributed by atoms with Crippen LogP contribution in [0.5, 0.6) is 0 Å². The number of rotatable bonds is 7. The van der Waals surface area contributed by atoms with E-state index in [0.29, 0.717) is 30.2 Å². The third-order valence-corrected chi connectivity index (χ3v) is 4.86. The van der Waals surface area contributed by atoms with Gasteiger partial charge in [-0.3, -0.25) is 9.59 Å². The van der Waals surface area contributed by atoms with Gasteiger partial charge in [0.05, 0.1) is 18.7 Å². The lowest BCUT2D eigenvalue weighted by Gasteiger charge is -2.07. The summed E-state index contributed by atoms with van der Waals surface area (Å²) in [6, 6.07) is 9.17. The van der Waals surface area contributed by atoms with Gasteiger partial charge in [-0.1, -0.05) is 30.4 Å². The van der Waals surface area contributed by atoms with Gasteiger partial charge in [0.25, 0.3) is 5.56 Å². The summed E-state index contributed by atoms with van der Waals surface area (Å²) in [6.45, 7) is 4.98. The van der Waals surface area contributed by atoms with Crippen LogP contribution in [0.1, 0.15) is 30.1 Å². The second kappa shape index (κ2) is 8.09. The monoisotopic (exact) mass is 371 g/mol. The molecule has 3 aromatic rings. The minimum absolute atomic E-state index is 0.0159. The Balaban J connectivity index is 1.66. The molecule has 1 aromatic carbocycles. The van der Waals surface area contributed by atoms with Crippen LogP contribution in [0, 0.1) is 0 Å². The largest absolute Gasteiger partial charge is 0.379 e. The molecule has 1 amide bonds. The molecule has 0 atom stereocenters. The zero-order chi connectivity index (χ0) is 18.5. The summed E-state index contributed by atoms with van der Waals surface area (Å²) in [6.07, 6.45) is 1.15. The Bertz CT molecular complexity index is 962. The Labute approximate surface area is 155 Å². The number of hydrogen-bond donors (Lipinski definition) is 2. The zero-order valence-electron chi connectivity index (χ0n) is 14.8. The highest BCUT2D eigenvalue weighted by Crippen LogP contribution is 2.14. The Hall–Kier alpha value is -2.74. The number of amides is 1. The van der Waals surface area contributed by atoms with E-state index in [1.54, 1.807) is 0 Å². The fourth-order valence-corrected chi connectivity index (χ4v) is 3.37. The third kappa shape index (κ3) is 4.26. The third-order valence-electron chi connectivity index (χ3n) is 3.81. The van der Waals surface area contributed by atoms with E-state index in [4.69, 9.17) is 0 Å². The maximum Gasteiger partial charge on any atom is 0.275 e. The summed E-state index contributed by atoms with van der Waals surface area (Å²) in [7, 11) is 0. The van der Waals surface area contributed by atoms with Crippen molar-refractivity contribution in [2.75, 3.05) is 11.9 Å². The molecule has 2 N–H and O–H groups in total. The van der Waals surface area contributed by atoms with Crippen LogP contribution >= 0.6 is 11.3 Å². The van der Waals surface area contributed by atoms with Crippen molar-refractivity contribution in [1.29, 1.82) is 0 Å². The van der Waals surface area contributed by atoms with E-state index in [2.05, 4.69) is 20.7 Å². The average molecular weight is 371 g/mol. The number of nitrogens with zero attached hydrogens (tertiary/aromatic N) is 3. The lowest BCUT2D eigenvalue weighted by molar-refractivity contribution is -0.120. The van der Waals surface area contributed by atoms with Crippen LogP contribution in [0.15, 0.2) is 35.1 Å². The molecular formula is C18H21N5O2S. The maximum absolute atomic E-state index is 12.1. The molecule has 0 saturated heterocycles. The summed E-state index contributed by atoms with van der Waals surface area (Å²) in [5, 5.41) is 11.2. The molecule has 0 aliphatic rings. The Kier molecular flexibility index (Phi) is 5.62. The number of hydrogen-bond acceptors (Lipinski definition) is 6. The molecule has 136 valence electrons. The molecule has 3 rings (SSSR count). The number of fused-ring (bicyclic) bond motifs is 1. The Morgan fingerprint density at radius 1 is 1.23 bits per heavy atom. The van der Waals surface area contributed by atoms with E-state index in [-0.39, 0.29) is 11.5 Å². The number of anilines is 1. The topological polar surface area (TPSA) is 88.4 Å². The predicted octanol–water partition coefficient (Wildman–Crippen LogP) is 2.00. The standard InChI is InChI=1S/C18H21N5O2S/c1-3-16-22-23-17(25)10-14(21-18(23)26-16)11-20-13-7-5-12(6-8-13)9-15(24)19-4-2/h5-8,10,20H,3-4,9,11H2,1-2H3,(H,19,24). The van der Waals surface area contributed by atoms with Crippen molar-refractivity contribution in [2.24, 2.45) is 0 Å². The van der Waals surface area contributed by atoms with Gasteiger partial charge in [0, 0.05) is 18.3 Å². The van der Waals surface area contributed by atoms with Gasteiger partial charge in [-0.15, -0.1) is 0 Å². The molecule has 0 bridgehead atoms. The van der Waals surface area contributed by atoms with Gasteiger partial charge >= 0.3 is 0 Å². The SMILES string of the molecule is CCNC(=O)Cc1ccc(NCc2cc(=O)n3nc(CC)sc3n2)cc1. The van der Waals surface area contributed by atoms with E-state index in [1.165, 1.54) is 21.9 Å². The van der Waals surface area contributed by atoms with Crippen molar-refractivity contribution in [3.05, 3.63) is 57.0 Å². The van der Waals surface area contributed by atoms with Gasteiger partial charge < -0.3 is 10.6 Å². The van der Waals surface area contributed by atoms with Crippen LogP contribution < -0.4 is 16.2 Å². The first-order valence-electron chi connectivity index (χ1n) is 8.57. The van der Waals surface area contributed by atoms with Crippen molar-refractivity contribution in [1.82, 2.24) is 19.9 Å². The molecule has 2 heterocycles. The lowest BCUT2D eigenvalue weighted by atomic mass is 10.1. The molecule has 2 aromatic heterocycles. The fraction of sp³-hybridized carbons (Fsp3) is 0.333. The van der Waals surface area contributed by atoms with Crippen LogP contribution in [0.4, 0.5) is 5.69 Å². The number of nitrogens with one attached hydrogen (secondary N) is 2. The molecule has 0 aliphatic heterocycles. The number of benzene rings is 1.